The fourth-order valence-corrected chi connectivity index (χ4v) is 2.07. The van der Waals surface area contributed by atoms with Crippen molar-refractivity contribution >= 4 is 17.6 Å². The van der Waals surface area contributed by atoms with Crippen molar-refractivity contribution in [3.63, 3.8) is 0 Å². The molecule has 3 nitrogen and oxygen atoms in total. The van der Waals surface area contributed by atoms with Crippen LogP contribution in [0.25, 0.3) is 0 Å². The van der Waals surface area contributed by atoms with Crippen molar-refractivity contribution in [2.75, 3.05) is 17.2 Å². The van der Waals surface area contributed by atoms with E-state index >= 15 is 0 Å². The first kappa shape index (κ1) is 12.4. The van der Waals surface area contributed by atoms with Crippen LogP contribution in [0.4, 0.5) is 5.82 Å². The van der Waals surface area contributed by atoms with Gasteiger partial charge in [0, 0.05) is 13.0 Å². The first-order valence-corrected chi connectivity index (χ1v) is 6.82. The summed E-state index contributed by atoms with van der Waals surface area (Å²) in [7, 11) is 0. The molecule has 2 N–H and O–H groups in total. The molecule has 86 valence electrons. The molecule has 0 aliphatic rings. The third-order valence-corrected chi connectivity index (χ3v) is 3.30. The maximum absolute atomic E-state index is 6.02. The van der Waals surface area contributed by atoms with E-state index in [0.717, 1.165) is 36.0 Å². The Morgan fingerprint density at radius 3 is 2.93 bits per heavy atom. The van der Waals surface area contributed by atoms with E-state index in [-0.39, 0.29) is 0 Å². The Morgan fingerprint density at radius 2 is 2.27 bits per heavy atom. The first-order valence-electron chi connectivity index (χ1n) is 5.66. The van der Waals surface area contributed by atoms with Crippen LogP contribution in [0.3, 0.4) is 0 Å². The highest BCUT2D eigenvalue weighted by Crippen LogP contribution is 2.14. The van der Waals surface area contributed by atoms with Crippen LogP contribution in [0.5, 0.6) is 0 Å². The molecule has 1 heterocycles. The monoisotopic (exact) mass is 227 g/mol. The van der Waals surface area contributed by atoms with Gasteiger partial charge in [-0.3, -0.25) is 0 Å². The van der Waals surface area contributed by atoms with Gasteiger partial charge < -0.3 is 10.3 Å². The molecule has 0 spiro atoms. The minimum Gasteiger partial charge on any atom is -0.384 e. The predicted molar refractivity (Wildman–Crippen MR) is 68.3 cm³/mol. The van der Waals surface area contributed by atoms with Crippen molar-refractivity contribution in [3.05, 3.63) is 12.0 Å². The number of thioether (sulfide) groups is 1. The van der Waals surface area contributed by atoms with Gasteiger partial charge in [-0.05, 0) is 17.9 Å². The second-order valence-electron chi connectivity index (χ2n) is 3.57. The number of anilines is 1. The van der Waals surface area contributed by atoms with Crippen LogP contribution >= 0.6 is 11.8 Å². The second kappa shape index (κ2) is 6.77. The van der Waals surface area contributed by atoms with Gasteiger partial charge >= 0.3 is 0 Å². The number of aromatic nitrogens is 2. The lowest BCUT2D eigenvalue weighted by Gasteiger charge is -2.04. The average molecular weight is 227 g/mol. The van der Waals surface area contributed by atoms with Gasteiger partial charge in [0.05, 0.1) is 12.0 Å². The fraction of sp³-hybridized carbons (Fsp3) is 0.727. The minimum atomic E-state index is 0.861. The quantitative estimate of drug-likeness (QED) is 0.728. The third-order valence-electron chi connectivity index (χ3n) is 2.40. The Bertz CT molecular complexity index is 283. The number of rotatable bonds is 7. The van der Waals surface area contributed by atoms with Crippen LogP contribution in [0.15, 0.2) is 6.33 Å². The van der Waals surface area contributed by atoms with Crippen LogP contribution in [-0.2, 0) is 13.0 Å². The Labute approximate surface area is 96.5 Å². The van der Waals surface area contributed by atoms with E-state index in [2.05, 4.69) is 23.4 Å². The normalized spacial score (nSPS) is 10.8. The Kier molecular flexibility index (Phi) is 5.61. The summed E-state index contributed by atoms with van der Waals surface area (Å²) in [5, 5.41) is 0. The Morgan fingerprint density at radius 1 is 1.47 bits per heavy atom. The van der Waals surface area contributed by atoms with Crippen LogP contribution in [0.1, 0.15) is 32.4 Å². The molecule has 0 aliphatic carbocycles. The number of imidazole rings is 1. The molecule has 0 aromatic carbocycles. The van der Waals surface area contributed by atoms with Gasteiger partial charge in [0.1, 0.15) is 5.82 Å². The Balaban J connectivity index is 2.47. The summed E-state index contributed by atoms with van der Waals surface area (Å²) < 4.78 is 2.06. The largest absolute Gasteiger partial charge is 0.384 e. The summed E-state index contributed by atoms with van der Waals surface area (Å²) >= 11 is 1.93. The van der Waals surface area contributed by atoms with Crippen molar-refractivity contribution in [1.82, 2.24) is 9.55 Å². The highest BCUT2D eigenvalue weighted by molar-refractivity contribution is 7.99. The number of nitrogens with two attached hydrogens (primary N) is 1. The number of unbranched alkanes of at least 4 members (excludes halogenated alkanes) is 1. The molecule has 4 heteroatoms. The van der Waals surface area contributed by atoms with E-state index in [1.807, 2.05) is 18.1 Å². The van der Waals surface area contributed by atoms with Crippen LogP contribution in [0, 0.1) is 0 Å². The number of aryl methyl sites for hydroxylation is 2. The summed E-state index contributed by atoms with van der Waals surface area (Å²) in [6.45, 7) is 5.36. The van der Waals surface area contributed by atoms with Crippen molar-refractivity contribution in [1.29, 1.82) is 0 Å². The van der Waals surface area contributed by atoms with Gasteiger partial charge in [0.2, 0.25) is 0 Å². The molecule has 1 aromatic rings. The smallest absolute Gasteiger partial charge is 0.126 e. The molecule has 0 saturated heterocycles. The SMILES string of the molecule is CCCCn1cnc(CCSCC)c1N. The van der Waals surface area contributed by atoms with E-state index in [1.165, 1.54) is 12.8 Å². The maximum atomic E-state index is 6.02. The zero-order valence-corrected chi connectivity index (χ0v) is 10.5. The molecular formula is C11H21N3S. The second-order valence-corrected chi connectivity index (χ2v) is 4.96. The van der Waals surface area contributed by atoms with Gasteiger partial charge in [-0.25, -0.2) is 4.98 Å². The van der Waals surface area contributed by atoms with Crippen LogP contribution < -0.4 is 5.73 Å². The van der Waals surface area contributed by atoms with Crippen molar-refractivity contribution < 1.29 is 0 Å². The zero-order valence-electron chi connectivity index (χ0n) is 9.70. The molecule has 1 aromatic heterocycles. The summed E-state index contributed by atoms with van der Waals surface area (Å²) in [5.41, 5.74) is 7.08. The van der Waals surface area contributed by atoms with Gasteiger partial charge in [-0.2, -0.15) is 11.8 Å². The van der Waals surface area contributed by atoms with E-state index in [9.17, 15) is 0 Å². The highest BCUT2D eigenvalue weighted by Gasteiger charge is 2.06. The van der Waals surface area contributed by atoms with E-state index < -0.39 is 0 Å². The summed E-state index contributed by atoms with van der Waals surface area (Å²) in [6.07, 6.45) is 5.22. The van der Waals surface area contributed by atoms with Crippen LogP contribution in [0.2, 0.25) is 0 Å². The molecule has 1 rings (SSSR count). The number of hydrogen-bond donors (Lipinski definition) is 1. The summed E-state index contributed by atoms with van der Waals surface area (Å²) in [5.74, 6) is 3.14. The van der Waals surface area contributed by atoms with Crippen molar-refractivity contribution in [3.8, 4) is 0 Å². The highest BCUT2D eigenvalue weighted by atomic mass is 32.2. The zero-order chi connectivity index (χ0) is 11.1. The summed E-state index contributed by atoms with van der Waals surface area (Å²) in [4.78, 5) is 4.37. The average Bonchev–Trinajstić information content (AvgIpc) is 2.58. The molecule has 0 fully saturated rings. The molecular weight excluding hydrogens is 206 g/mol. The third kappa shape index (κ3) is 3.78. The standard InChI is InChI=1S/C11H21N3S/c1-3-5-7-14-9-13-10(11(14)12)6-8-15-4-2/h9H,3-8,12H2,1-2H3. The lowest BCUT2D eigenvalue weighted by Crippen LogP contribution is -2.03. The lowest BCUT2D eigenvalue weighted by atomic mass is 10.3. The van der Waals surface area contributed by atoms with Crippen molar-refractivity contribution in [2.45, 2.75) is 39.7 Å². The molecule has 0 radical (unpaired) electrons. The van der Waals surface area contributed by atoms with Crippen molar-refractivity contribution in [2.24, 2.45) is 0 Å². The fourth-order valence-electron chi connectivity index (χ4n) is 1.45. The molecule has 0 atom stereocenters. The topological polar surface area (TPSA) is 43.8 Å². The van der Waals surface area contributed by atoms with Gasteiger partial charge in [-0.1, -0.05) is 20.3 Å². The van der Waals surface area contributed by atoms with Crippen LogP contribution in [-0.4, -0.2) is 21.1 Å². The van der Waals surface area contributed by atoms with E-state index in [4.69, 9.17) is 5.73 Å². The number of hydrogen-bond acceptors (Lipinski definition) is 3. The van der Waals surface area contributed by atoms with Gasteiger partial charge in [-0.15, -0.1) is 0 Å². The summed E-state index contributed by atoms with van der Waals surface area (Å²) in [6, 6.07) is 0. The number of nitrogens with zero attached hydrogens (tertiary/aromatic N) is 2. The van der Waals surface area contributed by atoms with Gasteiger partial charge in [0.15, 0.2) is 0 Å². The van der Waals surface area contributed by atoms with Gasteiger partial charge in [0.25, 0.3) is 0 Å². The molecule has 0 unspecified atom stereocenters. The van der Waals surface area contributed by atoms with E-state index in [0.29, 0.717) is 0 Å². The lowest BCUT2D eigenvalue weighted by molar-refractivity contribution is 0.637. The Hall–Kier alpha value is -0.640. The van der Waals surface area contributed by atoms with E-state index in [1.54, 1.807) is 0 Å². The molecule has 0 amide bonds. The predicted octanol–water partition coefficient (Wildman–Crippen LogP) is 2.56. The minimum absolute atomic E-state index is 0.861. The molecule has 0 saturated carbocycles. The first-order chi connectivity index (χ1) is 7.29. The molecule has 0 bridgehead atoms. The molecule has 0 aliphatic heterocycles. The molecule has 15 heavy (non-hydrogen) atoms. The maximum Gasteiger partial charge on any atom is 0.126 e. The number of nitrogen functional groups attached to an aromatic ring is 1.